The molecule has 1 N–H and O–H groups in total. The summed E-state index contributed by atoms with van der Waals surface area (Å²) in [5.41, 5.74) is 4.16. The largest absolute Gasteiger partial charge is 0.494 e. The number of rotatable bonds is 7. The highest BCUT2D eigenvalue weighted by molar-refractivity contribution is 5.92. The Morgan fingerprint density at radius 3 is 2.63 bits per heavy atom. The van der Waals surface area contributed by atoms with Crippen LogP contribution in [-0.4, -0.2) is 60.0 Å². The Balaban J connectivity index is 1.63. The van der Waals surface area contributed by atoms with E-state index < -0.39 is 5.97 Å². The summed E-state index contributed by atoms with van der Waals surface area (Å²) < 4.78 is 13.2. The molecule has 3 rings (SSSR count). The predicted molar refractivity (Wildman–Crippen MR) is 105 cm³/mol. The second kappa shape index (κ2) is 8.59. The highest BCUT2D eigenvalue weighted by atomic mass is 16.5. The summed E-state index contributed by atoms with van der Waals surface area (Å²) in [6.07, 6.45) is 2.65. The van der Waals surface area contributed by atoms with E-state index in [4.69, 9.17) is 9.47 Å². The van der Waals surface area contributed by atoms with Gasteiger partial charge in [-0.1, -0.05) is 0 Å². The molecule has 2 heterocycles. The molecule has 1 saturated heterocycles. The number of benzene rings is 1. The van der Waals surface area contributed by atoms with Gasteiger partial charge in [-0.05, 0) is 49.6 Å². The minimum Gasteiger partial charge on any atom is -0.494 e. The van der Waals surface area contributed by atoms with Gasteiger partial charge in [0.15, 0.2) is 0 Å². The van der Waals surface area contributed by atoms with Gasteiger partial charge in [-0.2, -0.15) is 0 Å². The van der Waals surface area contributed by atoms with Crippen LogP contribution in [0.25, 0.3) is 11.3 Å². The van der Waals surface area contributed by atoms with Gasteiger partial charge in [-0.3, -0.25) is 4.90 Å². The molecule has 0 amide bonds. The molecule has 2 aromatic rings. The van der Waals surface area contributed by atoms with Gasteiger partial charge in [-0.15, -0.1) is 0 Å². The van der Waals surface area contributed by atoms with Crippen LogP contribution in [0.5, 0.6) is 5.75 Å². The lowest BCUT2D eigenvalue weighted by Gasteiger charge is -2.26. The molecule has 1 aliphatic heterocycles. The summed E-state index contributed by atoms with van der Waals surface area (Å²) in [6, 6.07) is 6.00. The zero-order valence-electron chi connectivity index (χ0n) is 16.3. The summed E-state index contributed by atoms with van der Waals surface area (Å²) in [5.74, 6) is -0.0456. The van der Waals surface area contributed by atoms with Crippen molar-refractivity contribution >= 4 is 5.97 Å². The Hall–Kier alpha value is -2.31. The molecule has 1 fully saturated rings. The first-order valence-corrected chi connectivity index (χ1v) is 9.40. The Morgan fingerprint density at radius 1 is 1.26 bits per heavy atom. The quantitative estimate of drug-likeness (QED) is 0.757. The summed E-state index contributed by atoms with van der Waals surface area (Å²) in [7, 11) is 1.88. The lowest BCUT2D eigenvalue weighted by atomic mass is 10.0. The van der Waals surface area contributed by atoms with Crippen molar-refractivity contribution in [3.63, 3.8) is 0 Å². The van der Waals surface area contributed by atoms with Crippen LogP contribution in [0.2, 0.25) is 0 Å². The van der Waals surface area contributed by atoms with E-state index in [1.807, 2.05) is 43.7 Å². The number of carboxylic acid groups (broad SMARTS) is 1. The van der Waals surface area contributed by atoms with E-state index in [0.29, 0.717) is 12.2 Å². The lowest BCUT2D eigenvalue weighted by Crippen LogP contribution is -2.37. The summed E-state index contributed by atoms with van der Waals surface area (Å²) in [4.78, 5) is 13.8. The molecule has 27 heavy (non-hydrogen) atoms. The Labute approximate surface area is 160 Å². The van der Waals surface area contributed by atoms with Crippen molar-refractivity contribution in [1.82, 2.24) is 9.47 Å². The average Bonchev–Trinajstić information content (AvgIpc) is 2.95. The fourth-order valence-electron chi connectivity index (χ4n) is 3.65. The molecular formula is C21H28N2O4. The number of aryl methyl sites for hydroxylation is 2. The third-order valence-electron chi connectivity index (χ3n) is 5.11. The number of aromatic carboxylic acids is 1. The number of carboxylic acids is 1. The van der Waals surface area contributed by atoms with Gasteiger partial charge >= 0.3 is 5.97 Å². The number of nitrogens with zero attached hydrogens (tertiary/aromatic N) is 2. The van der Waals surface area contributed by atoms with Gasteiger partial charge in [-0.25, -0.2) is 4.79 Å². The van der Waals surface area contributed by atoms with Crippen LogP contribution in [-0.2, 0) is 11.8 Å². The summed E-state index contributed by atoms with van der Waals surface area (Å²) in [6.45, 7) is 9.25. The molecule has 1 aromatic heterocycles. The number of carbonyl (C=O) groups is 1. The minimum absolute atomic E-state index is 0.343. The standard InChI is InChI=1S/C21H28N2O4/c1-15-13-17(27-10-4-7-23-8-11-26-12-9-23)5-6-18(15)20-16(2)19(21(24)25)14-22(20)3/h5-6,13-14H,4,7-12H2,1-3H3,(H,24,25). The summed E-state index contributed by atoms with van der Waals surface area (Å²) >= 11 is 0. The number of morpholine rings is 1. The van der Waals surface area contributed by atoms with Gasteiger partial charge in [0.2, 0.25) is 0 Å². The van der Waals surface area contributed by atoms with Crippen LogP contribution in [0, 0.1) is 13.8 Å². The van der Waals surface area contributed by atoms with Gasteiger partial charge in [0.1, 0.15) is 5.75 Å². The van der Waals surface area contributed by atoms with Crippen LogP contribution in [0.1, 0.15) is 27.9 Å². The van der Waals surface area contributed by atoms with Crippen molar-refractivity contribution in [2.45, 2.75) is 20.3 Å². The highest BCUT2D eigenvalue weighted by Crippen LogP contribution is 2.31. The molecule has 0 atom stereocenters. The minimum atomic E-state index is -0.896. The number of aromatic nitrogens is 1. The maximum absolute atomic E-state index is 11.4. The smallest absolute Gasteiger partial charge is 0.337 e. The van der Waals surface area contributed by atoms with Gasteiger partial charge in [0.25, 0.3) is 0 Å². The molecule has 0 bridgehead atoms. The first kappa shape index (κ1) is 19.5. The third kappa shape index (κ3) is 4.51. The van der Waals surface area contributed by atoms with Crippen LogP contribution in [0.4, 0.5) is 0 Å². The first-order valence-electron chi connectivity index (χ1n) is 9.40. The van der Waals surface area contributed by atoms with Crippen LogP contribution in [0.15, 0.2) is 24.4 Å². The van der Waals surface area contributed by atoms with Crippen molar-refractivity contribution in [1.29, 1.82) is 0 Å². The van der Waals surface area contributed by atoms with Crippen molar-refractivity contribution in [2.24, 2.45) is 7.05 Å². The maximum atomic E-state index is 11.4. The molecule has 146 valence electrons. The second-order valence-electron chi connectivity index (χ2n) is 7.07. The highest BCUT2D eigenvalue weighted by Gasteiger charge is 2.18. The Bertz CT molecular complexity index is 807. The fourth-order valence-corrected chi connectivity index (χ4v) is 3.65. The molecule has 1 aromatic carbocycles. The van der Waals surface area contributed by atoms with Crippen LogP contribution in [0.3, 0.4) is 0 Å². The molecule has 0 unspecified atom stereocenters. The number of ether oxygens (including phenoxy) is 2. The lowest BCUT2D eigenvalue weighted by molar-refractivity contribution is 0.0358. The van der Waals surface area contributed by atoms with E-state index in [0.717, 1.165) is 67.4 Å². The van der Waals surface area contributed by atoms with Crippen molar-refractivity contribution in [2.75, 3.05) is 39.5 Å². The predicted octanol–water partition coefficient (Wildman–Crippen LogP) is 3.11. The van der Waals surface area contributed by atoms with Gasteiger partial charge in [0.05, 0.1) is 31.1 Å². The van der Waals surface area contributed by atoms with Crippen molar-refractivity contribution in [3.8, 4) is 17.0 Å². The number of hydrogen-bond acceptors (Lipinski definition) is 4. The molecule has 6 heteroatoms. The fraction of sp³-hybridized carbons (Fsp3) is 0.476. The average molecular weight is 372 g/mol. The molecule has 0 aliphatic carbocycles. The third-order valence-corrected chi connectivity index (χ3v) is 5.11. The molecular weight excluding hydrogens is 344 g/mol. The van der Waals surface area contributed by atoms with E-state index in [1.165, 1.54) is 0 Å². The van der Waals surface area contributed by atoms with E-state index in [2.05, 4.69) is 4.90 Å². The van der Waals surface area contributed by atoms with Crippen LogP contribution < -0.4 is 4.74 Å². The zero-order chi connectivity index (χ0) is 19.4. The Morgan fingerprint density at radius 2 is 2.00 bits per heavy atom. The zero-order valence-corrected chi connectivity index (χ0v) is 16.3. The van der Waals surface area contributed by atoms with E-state index in [1.54, 1.807) is 6.20 Å². The SMILES string of the molecule is Cc1cc(OCCCN2CCOCC2)ccc1-c1c(C)c(C(=O)O)cn1C. The second-order valence-corrected chi connectivity index (χ2v) is 7.07. The van der Waals surface area contributed by atoms with Gasteiger partial charge in [0, 0.05) is 38.4 Å². The van der Waals surface area contributed by atoms with Gasteiger partial charge < -0.3 is 19.1 Å². The first-order chi connectivity index (χ1) is 13.0. The normalized spacial score (nSPS) is 15.1. The maximum Gasteiger partial charge on any atom is 0.337 e. The topological polar surface area (TPSA) is 63.9 Å². The molecule has 0 saturated carbocycles. The van der Waals surface area contributed by atoms with E-state index in [-0.39, 0.29) is 0 Å². The summed E-state index contributed by atoms with van der Waals surface area (Å²) in [5, 5.41) is 9.33. The molecule has 6 nitrogen and oxygen atoms in total. The molecule has 1 aliphatic rings. The van der Waals surface area contributed by atoms with Crippen LogP contribution >= 0.6 is 0 Å². The number of hydrogen-bond donors (Lipinski definition) is 1. The van der Waals surface area contributed by atoms with E-state index >= 15 is 0 Å². The Kier molecular flexibility index (Phi) is 6.19. The molecule has 0 spiro atoms. The van der Waals surface area contributed by atoms with Crippen molar-refractivity contribution < 1.29 is 19.4 Å². The molecule has 0 radical (unpaired) electrons. The van der Waals surface area contributed by atoms with E-state index in [9.17, 15) is 9.90 Å². The monoisotopic (exact) mass is 372 g/mol. The van der Waals surface area contributed by atoms with Crippen molar-refractivity contribution in [3.05, 3.63) is 41.1 Å².